The molecule has 0 N–H and O–H groups in total. The lowest BCUT2D eigenvalue weighted by atomic mass is 9.92. The maximum Gasteiger partial charge on any atom is 0.0262 e. The Morgan fingerprint density at radius 3 is 2.67 bits per heavy atom. The van der Waals surface area contributed by atoms with E-state index in [0.717, 1.165) is 11.8 Å². The average Bonchev–Trinajstić information content (AvgIpc) is 2.49. The van der Waals surface area contributed by atoms with Crippen LogP contribution >= 0.6 is 23.4 Å². The average molecular weight is 205 g/mol. The third kappa shape index (κ3) is 0.988. The highest BCUT2D eigenvalue weighted by Gasteiger charge is 2.69. The van der Waals surface area contributed by atoms with Gasteiger partial charge >= 0.3 is 0 Å². The van der Waals surface area contributed by atoms with E-state index in [2.05, 4.69) is 25.6 Å². The summed E-state index contributed by atoms with van der Waals surface area (Å²) in [6.07, 6.45) is 2.83. The Morgan fingerprint density at radius 2 is 2.25 bits per heavy atom. The summed E-state index contributed by atoms with van der Waals surface area (Å²) in [5.41, 5.74) is 1.15. The van der Waals surface area contributed by atoms with Crippen molar-refractivity contribution >= 4 is 23.4 Å². The van der Waals surface area contributed by atoms with E-state index < -0.39 is 0 Å². The molecule has 0 aromatic carbocycles. The van der Waals surface area contributed by atoms with Crippen LogP contribution < -0.4 is 0 Å². The van der Waals surface area contributed by atoms with Crippen LogP contribution in [0.25, 0.3) is 0 Å². The molecule has 2 rings (SSSR count). The van der Waals surface area contributed by atoms with E-state index in [-0.39, 0.29) is 0 Å². The molecule has 2 atom stereocenters. The highest BCUT2D eigenvalue weighted by Crippen LogP contribution is 2.73. The van der Waals surface area contributed by atoms with Gasteiger partial charge in [0.15, 0.2) is 0 Å². The maximum absolute atomic E-state index is 6.00. The Kier molecular flexibility index (Phi) is 2.16. The first kappa shape index (κ1) is 9.21. The molecule has 1 aliphatic heterocycles. The minimum Gasteiger partial charge on any atom is -0.161 e. The molecule has 1 spiro atoms. The topological polar surface area (TPSA) is 0 Å². The standard InChI is InChI=1S/C10H17ClS/c1-9(2)8(6-11)10(9)4-3-5-12-7-10/h8H,3-7H2,1-2H3. The van der Waals surface area contributed by atoms with Crippen molar-refractivity contribution in [2.24, 2.45) is 16.7 Å². The van der Waals surface area contributed by atoms with Crippen LogP contribution in [0.3, 0.4) is 0 Å². The fraction of sp³-hybridized carbons (Fsp3) is 1.00. The number of hydrogen-bond donors (Lipinski definition) is 0. The molecule has 0 aromatic rings. The summed E-state index contributed by atoms with van der Waals surface area (Å²) in [7, 11) is 0. The molecule has 0 nitrogen and oxygen atoms in total. The summed E-state index contributed by atoms with van der Waals surface area (Å²) >= 11 is 8.12. The minimum atomic E-state index is 0.530. The SMILES string of the molecule is CC1(C)C(CCl)C12CCCSC2. The number of thioether (sulfide) groups is 1. The van der Waals surface area contributed by atoms with Crippen molar-refractivity contribution in [3.05, 3.63) is 0 Å². The Morgan fingerprint density at radius 1 is 1.50 bits per heavy atom. The molecule has 12 heavy (non-hydrogen) atoms. The molecule has 2 heteroatoms. The quantitative estimate of drug-likeness (QED) is 0.590. The van der Waals surface area contributed by atoms with E-state index in [4.69, 9.17) is 11.6 Å². The van der Waals surface area contributed by atoms with Gasteiger partial charge in [-0.1, -0.05) is 13.8 Å². The zero-order chi connectivity index (χ0) is 8.82. The lowest BCUT2D eigenvalue weighted by Gasteiger charge is -2.24. The first-order valence-electron chi connectivity index (χ1n) is 4.79. The Balaban J connectivity index is 2.12. The summed E-state index contributed by atoms with van der Waals surface area (Å²) < 4.78 is 0. The van der Waals surface area contributed by atoms with E-state index >= 15 is 0 Å². The fourth-order valence-corrected chi connectivity index (χ4v) is 5.26. The second-order valence-corrected chi connectivity index (χ2v) is 6.15. The first-order chi connectivity index (χ1) is 5.65. The van der Waals surface area contributed by atoms with Gasteiger partial charge in [0.25, 0.3) is 0 Å². The van der Waals surface area contributed by atoms with Crippen LogP contribution in [-0.4, -0.2) is 17.4 Å². The summed E-state index contributed by atoms with van der Waals surface area (Å²) in [6.45, 7) is 4.79. The molecular formula is C10H17ClS. The highest BCUT2D eigenvalue weighted by atomic mass is 35.5. The van der Waals surface area contributed by atoms with Gasteiger partial charge in [0, 0.05) is 5.88 Å². The Labute approximate surface area is 84.4 Å². The van der Waals surface area contributed by atoms with Crippen LogP contribution in [0.4, 0.5) is 0 Å². The molecule has 0 aromatic heterocycles. The third-order valence-electron chi connectivity index (χ3n) is 4.16. The predicted molar refractivity (Wildman–Crippen MR) is 57.0 cm³/mol. The smallest absolute Gasteiger partial charge is 0.0262 e. The molecule has 70 valence electrons. The van der Waals surface area contributed by atoms with Crippen molar-refractivity contribution < 1.29 is 0 Å². The lowest BCUT2D eigenvalue weighted by molar-refractivity contribution is 0.385. The van der Waals surface area contributed by atoms with Gasteiger partial charge in [-0.05, 0) is 41.1 Å². The molecule has 2 fully saturated rings. The third-order valence-corrected chi connectivity index (χ3v) is 5.77. The van der Waals surface area contributed by atoms with Crippen LogP contribution in [0.15, 0.2) is 0 Å². The summed E-state index contributed by atoms with van der Waals surface area (Å²) in [4.78, 5) is 0. The zero-order valence-corrected chi connectivity index (χ0v) is 9.47. The van der Waals surface area contributed by atoms with Gasteiger partial charge in [-0.25, -0.2) is 0 Å². The second kappa shape index (κ2) is 2.81. The van der Waals surface area contributed by atoms with Gasteiger partial charge in [-0.3, -0.25) is 0 Å². The monoisotopic (exact) mass is 204 g/mol. The molecule has 1 saturated carbocycles. The fourth-order valence-electron chi connectivity index (χ4n) is 3.00. The molecule has 0 amide bonds. The number of alkyl halides is 1. The van der Waals surface area contributed by atoms with Crippen LogP contribution in [0.2, 0.25) is 0 Å². The van der Waals surface area contributed by atoms with Crippen LogP contribution in [0, 0.1) is 16.7 Å². The summed E-state index contributed by atoms with van der Waals surface area (Å²) in [6, 6.07) is 0. The van der Waals surface area contributed by atoms with Crippen molar-refractivity contribution in [3.8, 4) is 0 Å². The number of hydrogen-bond acceptors (Lipinski definition) is 1. The highest BCUT2D eigenvalue weighted by molar-refractivity contribution is 7.99. The molecular weight excluding hydrogens is 188 g/mol. The van der Waals surface area contributed by atoms with E-state index in [1.807, 2.05) is 0 Å². The van der Waals surface area contributed by atoms with Gasteiger partial charge in [-0.2, -0.15) is 11.8 Å². The van der Waals surface area contributed by atoms with Crippen LogP contribution in [0.1, 0.15) is 26.7 Å². The molecule has 0 bridgehead atoms. The first-order valence-corrected chi connectivity index (χ1v) is 6.48. The van der Waals surface area contributed by atoms with Gasteiger partial charge in [0.05, 0.1) is 0 Å². The zero-order valence-electron chi connectivity index (χ0n) is 7.90. The maximum atomic E-state index is 6.00. The normalized spacial score (nSPS) is 44.8. The Hall–Kier alpha value is 0.640. The van der Waals surface area contributed by atoms with Crippen molar-refractivity contribution in [2.75, 3.05) is 17.4 Å². The van der Waals surface area contributed by atoms with Crippen LogP contribution in [0.5, 0.6) is 0 Å². The Bertz CT molecular complexity index is 182. The largest absolute Gasteiger partial charge is 0.161 e. The van der Waals surface area contributed by atoms with Gasteiger partial charge < -0.3 is 0 Å². The van der Waals surface area contributed by atoms with Gasteiger partial charge in [-0.15, -0.1) is 11.6 Å². The van der Waals surface area contributed by atoms with Gasteiger partial charge in [0.2, 0.25) is 0 Å². The lowest BCUT2D eigenvalue weighted by Crippen LogP contribution is -2.18. The summed E-state index contributed by atoms with van der Waals surface area (Å²) in [5, 5.41) is 0. The molecule has 2 aliphatic rings. The second-order valence-electron chi connectivity index (χ2n) is 4.74. The van der Waals surface area contributed by atoms with Crippen LogP contribution in [-0.2, 0) is 0 Å². The number of halogens is 1. The molecule has 1 aliphatic carbocycles. The van der Waals surface area contributed by atoms with Crippen molar-refractivity contribution in [3.63, 3.8) is 0 Å². The van der Waals surface area contributed by atoms with Crippen molar-refractivity contribution in [1.29, 1.82) is 0 Å². The molecule has 1 saturated heterocycles. The van der Waals surface area contributed by atoms with Crippen molar-refractivity contribution in [2.45, 2.75) is 26.7 Å². The van der Waals surface area contributed by atoms with Crippen molar-refractivity contribution in [1.82, 2.24) is 0 Å². The molecule has 0 radical (unpaired) electrons. The van der Waals surface area contributed by atoms with E-state index in [1.165, 1.54) is 24.3 Å². The number of rotatable bonds is 1. The van der Waals surface area contributed by atoms with E-state index in [0.29, 0.717) is 10.8 Å². The van der Waals surface area contributed by atoms with E-state index in [1.54, 1.807) is 0 Å². The summed E-state index contributed by atoms with van der Waals surface area (Å²) in [5.74, 6) is 4.39. The molecule has 1 heterocycles. The minimum absolute atomic E-state index is 0.530. The molecule has 2 unspecified atom stereocenters. The predicted octanol–water partition coefficient (Wildman–Crippen LogP) is 3.39. The van der Waals surface area contributed by atoms with E-state index in [9.17, 15) is 0 Å². The van der Waals surface area contributed by atoms with Gasteiger partial charge in [0.1, 0.15) is 0 Å².